The number of nitrogens with two attached hydrogens (primary N) is 1. The van der Waals surface area contributed by atoms with Crippen molar-refractivity contribution in [2.45, 2.75) is 38.8 Å². The van der Waals surface area contributed by atoms with Crippen molar-refractivity contribution in [2.75, 3.05) is 19.8 Å². The topological polar surface area (TPSA) is 73.6 Å². The number of carbonyl (C=O) groups excluding carboxylic acids is 1. The van der Waals surface area contributed by atoms with Gasteiger partial charge in [-0.15, -0.1) is 0 Å². The Balaban J connectivity index is 1.94. The molecule has 0 aliphatic carbocycles. The van der Waals surface area contributed by atoms with Gasteiger partial charge in [0, 0.05) is 25.3 Å². The van der Waals surface area contributed by atoms with Crippen LogP contribution in [0.15, 0.2) is 24.3 Å². The fraction of sp³-hybridized carbons (Fsp3) is 0.588. The van der Waals surface area contributed by atoms with Gasteiger partial charge >= 0.3 is 0 Å². The van der Waals surface area contributed by atoms with Gasteiger partial charge in [0.25, 0.3) is 0 Å². The van der Waals surface area contributed by atoms with E-state index in [0.29, 0.717) is 45.1 Å². The molecule has 1 aromatic carbocycles. The molecule has 1 saturated heterocycles. The second-order valence-electron chi connectivity index (χ2n) is 6.26. The minimum Gasteiger partial charge on any atom is -0.493 e. The average Bonchev–Trinajstić information content (AvgIpc) is 2.52. The van der Waals surface area contributed by atoms with Crippen LogP contribution in [0.3, 0.4) is 0 Å². The van der Waals surface area contributed by atoms with Crippen LogP contribution in [0.4, 0.5) is 0 Å². The predicted octanol–water partition coefficient (Wildman–Crippen LogP) is 1.85. The summed E-state index contributed by atoms with van der Waals surface area (Å²) in [5.41, 5.74) is 6.33. The molecule has 0 spiro atoms. The molecule has 1 amide bonds. The Hall–Kier alpha value is -1.59. The molecule has 5 nitrogen and oxygen atoms in total. The van der Waals surface area contributed by atoms with E-state index in [1.54, 1.807) is 0 Å². The minimum absolute atomic E-state index is 0.116. The van der Waals surface area contributed by atoms with E-state index in [-0.39, 0.29) is 5.91 Å². The summed E-state index contributed by atoms with van der Waals surface area (Å²) in [5, 5.41) is 2.94. The highest BCUT2D eigenvalue weighted by molar-refractivity contribution is 5.86. The molecule has 1 aliphatic heterocycles. The quantitative estimate of drug-likeness (QED) is 0.841. The lowest BCUT2D eigenvalue weighted by molar-refractivity contribution is -0.129. The minimum atomic E-state index is -0.814. The van der Waals surface area contributed by atoms with E-state index in [4.69, 9.17) is 15.2 Å². The molecule has 122 valence electrons. The van der Waals surface area contributed by atoms with Crippen molar-refractivity contribution in [3.05, 3.63) is 29.8 Å². The largest absolute Gasteiger partial charge is 0.493 e. The Bertz CT molecular complexity index is 496. The molecule has 0 aromatic heterocycles. The van der Waals surface area contributed by atoms with Gasteiger partial charge in [0.15, 0.2) is 0 Å². The molecule has 0 unspecified atom stereocenters. The van der Waals surface area contributed by atoms with Crippen LogP contribution in [0, 0.1) is 5.92 Å². The van der Waals surface area contributed by atoms with E-state index >= 15 is 0 Å². The van der Waals surface area contributed by atoms with E-state index < -0.39 is 5.54 Å². The normalized spacial score (nSPS) is 17.3. The van der Waals surface area contributed by atoms with Crippen molar-refractivity contribution in [1.82, 2.24) is 5.32 Å². The van der Waals surface area contributed by atoms with E-state index in [0.717, 1.165) is 11.3 Å². The fourth-order valence-corrected chi connectivity index (χ4v) is 2.36. The Morgan fingerprint density at radius 2 is 2.05 bits per heavy atom. The third-order valence-corrected chi connectivity index (χ3v) is 3.82. The van der Waals surface area contributed by atoms with Gasteiger partial charge in [0.2, 0.25) is 5.91 Å². The number of benzene rings is 1. The standard InChI is InChI=1S/C17H26N2O3/c1-13(2)12-22-15-6-4-3-5-14(15)11-19-16(20)17(18)7-9-21-10-8-17/h3-6,13H,7-12,18H2,1-2H3,(H,19,20). The van der Waals surface area contributed by atoms with Crippen molar-refractivity contribution in [2.24, 2.45) is 11.7 Å². The summed E-state index contributed by atoms with van der Waals surface area (Å²) in [5.74, 6) is 1.15. The highest BCUT2D eigenvalue weighted by Crippen LogP contribution is 2.21. The van der Waals surface area contributed by atoms with Crippen LogP contribution in [0.2, 0.25) is 0 Å². The summed E-state index contributed by atoms with van der Waals surface area (Å²) in [6.07, 6.45) is 1.12. The lowest BCUT2D eigenvalue weighted by atomic mass is 9.90. The van der Waals surface area contributed by atoms with Crippen LogP contribution in [-0.2, 0) is 16.1 Å². The monoisotopic (exact) mass is 306 g/mol. The van der Waals surface area contributed by atoms with Crippen LogP contribution in [0.25, 0.3) is 0 Å². The lowest BCUT2D eigenvalue weighted by Gasteiger charge is -2.31. The van der Waals surface area contributed by atoms with Crippen molar-refractivity contribution >= 4 is 5.91 Å². The smallest absolute Gasteiger partial charge is 0.240 e. The molecule has 1 fully saturated rings. The van der Waals surface area contributed by atoms with Gasteiger partial charge in [-0.05, 0) is 24.8 Å². The Kier molecular flexibility index (Phi) is 5.80. The first-order valence-electron chi connectivity index (χ1n) is 7.87. The highest BCUT2D eigenvalue weighted by Gasteiger charge is 2.35. The molecule has 0 atom stereocenters. The van der Waals surface area contributed by atoms with Gasteiger partial charge in [-0.3, -0.25) is 4.79 Å². The molecule has 0 radical (unpaired) electrons. The van der Waals surface area contributed by atoms with Crippen LogP contribution >= 0.6 is 0 Å². The fourth-order valence-electron chi connectivity index (χ4n) is 2.36. The second kappa shape index (κ2) is 7.61. The third kappa shape index (κ3) is 4.45. The predicted molar refractivity (Wildman–Crippen MR) is 85.6 cm³/mol. The molecule has 1 heterocycles. The highest BCUT2D eigenvalue weighted by atomic mass is 16.5. The Morgan fingerprint density at radius 3 is 2.73 bits per heavy atom. The van der Waals surface area contributed by atoms with Gasteiger partial charge in [-0.2, -0.15) is 0 Å². The number of amides is 1. The van der Waals surface area contributed by atoms with E-state index in [1.807, 2.05) is 24.3 Å². The zero-order valence-electron chi connectivity index (χ0n) is 13.4. The molecule has 22 heavy (non-hydrogen) atoms. The Labute approximate surface area is 132 Å². The number of carbonyl (C=O) groups is 1. The number of hydrogen-bond donors (Lipinski definition) is 2. The molecule has 2 rings (SSSR count). The molecule has 0 saturated carbocycles. The van der Waals surface area contributed by atoms with Gasteiger partial charge < -0.3 is 20.5 Å². The summed E-state index contributed by atoms with van der Waals surface area (Å²) in [6.45, 7) is 6.37. The number of ether oxygens (including phenoxy) is 2. The number of nitrogens with one attached hydrogen (secondary N) is 1. The van der Waals surface area contributed by atoms with Crippen molar-refractivity contribution in [3.63, 3.8) is 0 Å². The third-order valence-electron chi connectivity index (χ3n) is 3.82. The van der Waals surface area contributed by atoms with E-state index in [1.165, 1.54) is 0 Å². The first kappa shape index (κ1) is 16.8. The van der Waals surface area contributed by atoms with Crippen LogP contribution in [-0.4, -0.2) is 31.3 Å². The van der Waals surface area contributed by atoms with Crippen LogP contribution in [0.5, 0.6) is 5.75 Å². The van der Waals surface area contributed by atoms with Gasteiger partial charge in [0.05, 0.1) is 12.1 Å². The molecular weight excluding hydrogens is 280 g/mol. The average molecular weight is 306 g/mol. The maximum Gasteiger partial charge on any atom is 0.240 e. The van der Waals surface area contributed by atoms with Crippen LogP contribution in [0.1, 0.15) is 32.3 Å². The van der Waals surface area contributed by atoms with Gasteiger partial charge in [0.1, 0.15) is 5.75 Å². The number of hydrogen-bond acceptors (Lipinski definition) is 4. The van der Waals surface area contributed by atoms with Gasteiger partial charge in [-0.1, -0.05) is 32.0 Å². The zero-order valence-corrected chi connectivity index (χ0v) is 13.4. The summed E-state index contributed by atoms with van der Waals surface area (Å²) in [6, 6.07) is 7.76. The summed E-state index contributed by atoms with van der Waals surface area (Å²) in [7, 11) is 0. The molecule has 1 aliphatic rings. The van der Waals surface area contributed by atoms with Crippen molar-refractivity contribution in [1.29, 1.82) is 0 Å². The summed E-state index contributed by atoms with van der Waals surface area (Å²) < 4.78 is 11.1. The first-order valence-corrected chi connectivity index (χ1v) is 7.87. The molecular formula is C17H26N2O3. The summed E-state index contributed by atoms with van der Waals surface area (Å²) in [4.78, 5) is 12.3. The maximum absolute atomic E-state index is 12.3. The molecule has 3 N–H and O–H groups in total. The van der Waals surface area contributed by atoms with Gasteiger partial charge in [-0.25, -0.2) is 0 Å². The molecule has 0 bridgehead atoms. The summed E-state index contributed by atoms with van der Waals surface area (Å²) >= 11 is 0. The molecule has 5 heteroatoms. The van der Waals surface area contributed by atoms with Crippen molar-refractivity contribution < 1.29 is 14.3 Å². The second-order valence-corrected chi connectivity index (χ2v) is 6.26. The SMILES string of the molecule is CC(C)COc1ccccc1CNC(=O)C1(N)CCOCC1. The van der Waals surface area contributed by atoms with E-state index in [2.05, 4.69) is 19.2 Å². The zero-order chi connectivity index (χ0) is 16.0. The van der Waals surface area contributed by atoms with Crippen LogP contribution < -0.4 is 15.8 Å². The first-order chi connectivity index (χ1) is 10.5. The maximum atomic E-state index is 12.3. The number of para-hydroxylation sites is 1. The lowest BCUT2D eigenvalue weighted by Crippen LogP contribution is -2.56. The molecule has 1 aromatic rings. The van der Waals surface area contributed by atoms with E-state index in [9.17, 15) is 4.79 Å². The number of rotatable bonds is 6. The van der Waals surface area contributed by atoms with Crippen molar-refractivity contribution in [3.8, 4) is 5.75 Å². The Morgan fingerprint density at radius 1 is 1.36 bits per heavy atom.